The molecule has 1 saturated carbocycles. The molecule has 2 unspecified atom stereocenters. The van der Waals surface area contributed by atoms with Gasteiger partial charge >= 0.3 is 17.5 Å². The number of anilines is 3. The Labute approximate surface area is 311 Å². The van der Waals surface area contributed by atoms with Crippen molar-refractivity contribution in [2.24, 2.45) is 17.8 Å². The molecular weight excluding hydrogens is 721 g/mol. The quantitative estimate of drug-likeness (QED) is 0.0968. The Morgan fingerprint density at radius 3 is 2.09 bits per heavy atom. The third kappa shape index (κ3) is 8.53. The van der Waals surface area contributed by atoms with Gasteiger partial charge in [-0.15, -0.1) is 0 Å². The van der Waals surface area contributed by atoms with Crippen molar-refractivity contribution in [3.8, 4) is 22.9 Å². The summed E-state index contributed by atoms with van der Waals surface area (Å²) < 4.78 is 64.5. The van der Waals surface area contributed by atoms with Crippen molar-refractivity contribution in [1.82, 2.24) is 14.6 Å². The monoisotopic (exact) mass is 760 g/mol. The number of carbonyl (C=O) groups excluding carboxylic acids is 1. The number of sulfonamides is 1. The molecule has 14 nitrogen and oxygen atoms in total. The number of hydrogen-bond acceptors (Lipinski definition) is 10. The van der Waals surface area contributed by atoms with Crippen LogP contribution in [0.25, 0.3) is 21.9 Å². The minimum absolute atomic E-state index is 0.0610. The summed E-state index contributed by atoms with van der Waals surface area (Å²) in [6.07, 6.45) is 3.17. The van der Waals surface area contributed by atoms with Crippen LogP contribution in [0.1, 0.15) is 49.5 Å². The number of H-pyrrole nitrogens is 1. The van der Waals surface area contributed by atoms with Gasteiger partial charge in [-0.1, -0.05) is 20.8 Å². The lowest BCUT2D eigenvalue weighted by molar-refractivity contribution is -0.0249. The number of nitrogens with one attached hydrogen (secondary N) is 3. The van der Waals surface area contributed by atoms with Gasteiger partial charge in [0.05, 0.1) is 31.4 Å². The van der Waals surface area contributed by atoms with E-state index in [-0.39, 0.29) is 39.7 Å². The third-order valence-corrected chi connectivity index (χ3v) is 10.7. The van der Waals surface area contributed by atoms with Crippen LogP contribution in [0.3, 0.4) is 0 Å². The van der Waals surface area contributed by atoms with Crippen molar-refractivity contribution in [2.45, 2.75) is 51.5 Å². The zero-order valence-corrected chi connectivity index (χ0v) is 31.6. The van der Waals surface area contributed by atoms with Crippen LogP contribution in [-0.2, 0) is 26.3 Å². The Morgan fingerprint density at radius 1 is 0.962 bits per heavy atom. The number of carbonyl (C=O) groups is 1. The maximum atomic E-state index is 13.7. The molecule has 3 N–H and O–H groups in total. The second-order valence-electron chi connectivity index (χ2n) is 13.1. The van der Waals surface area contributed by atoms with E-state index < -0.39 is 27.6 Å². The molecule has 278 valence electrons. The fourth-order valence-corrected chi connectivity index (χ4v) is 7.93. The first-order valence-corrected chi connectivity index (χ1v) is 18.8. The van der Waals surface area contributed by atoms with Crippen LogP contribution in [0.5, 0.6) is 11.5 Å². The van der Waals surface area contributed by atoms with Crippen molar-refractivity contribution in [3.63, 3.8) is 0 Å². The lowest BCUT2D eigenvalue weighted by atomic mass is 9.75. The van der Waals surface area contributed by atoms with Crippen molar-refractivity contribution in [1.29, 1.82) is 0 Å². The normalized spacial score (nSPS) is 18.2. The van der Waals surface area contributed by atoms with Crippen molar-refractivity contribution >= 4 is 56.0 Å². The van der Waals surface area contributed by atoms with Crippen LogP contribution in [-0.4, -0.2) is 57.7 Å². The van der Waals surface area contributed by atoms with Gasteiger partial charge < -0.3 is 19.5 Å². The number of benzene rings is 3. The number of aromatic amines is 1. The maximum Gasteiger partial charge on any atom is 0.335 e. The molecule has 2 aromatic heterocycles. The molecule has 0 radical (unpaired) electrons. The fraction of sp³-hybridized carbons (Fsp3) is 0.324. The molecule has 6 rings (SSSR count). The second-order valence-corrected chi connectivity index (χ2v) is 14.9. The Morgan fingerprint density at radius 2 is 1.53 bits per heavy atom. The highest BCUT2D eigenvalue weighted by atomic mass is 32.2. The minimum atomic E-state index is -4.01. The van der Waals surface area contributed by atoms with E-state index in [0.717, 1.165) is 18.5 Å². The van der Waals surface area contributed by atoms with Gasteiger partial charge in [0.15, 0.2) is 11.5 Å². The summed E-state index contributed by atoms with van der Waals surface area (Å²) in [6, 6.07) is 16.9. The molecule has 53 heavy (non-hydrogen) atoms. The first-order valence-electron chi connectivity index (χ1n) is 16.7. The standard InChI is InChI=1S/C37H40N6O6S.O2S/c1-21-16-22(2)34(23(3)17-21)49-37(44)33-32(38-5)20-43-36(33)40-35(41-43)25-18-30(39-26-8-10-27(47-6)11-9-26)24(4)31(19-25)42-50(45,46)29-14-12-28(48-7)13-15-29;1-3-2/h8-15,18-23,34,39,42H,16-17H2,1-4,6-7H3,(H,40,41);. The molecule has 0 spiro atoms. The van der Waals surface area contributed by atoms with E-state index in [1.165, 1.54) is 30.0 Å². The number of methoxy groups -OCH3 is 2. The highest BCUT2D eigenvalue weighted by Gasteiger charge is 2.36. The summed E-state index contributed by atoms with van der Waals surface area (Å²) in [4.78, 5) is 22.1. The van der Waals surface area contributed by atoms with Gasteiger partial charge in [0, 0.05) is 23.1 Å². The number of ether oxygens (including phenoxy) is 3. The first-order chi connectivity index (χ1) is 25.3. The molecule has 1 aliphatic rings. The highest BCUT2D eigenvalue weighted by Crippen LogP contribution is 2.38. The molecule has 2 atom stereocenters. The number of rotatable bonds is 10. The molecule has 0 bridgehead atoms. The first kappa shape index (κ1) is 38.6. The van der Waals surface area contributed by atoms with E-state index in [1.54, 1.807) is 32.2 Å². The molecule has 1 fully saturated rings. The molecule has 0 aliphatic heterocycles. The summed E-state index contributed by atoms with van der Waals surface area (Å²) >= 11 is -0.750. The van der Waals surface area contributed by atoms with Crippen molar-refractivity contribution in [3.05, 3.63) is 89.4 Å². The van der Waals surface area contributed by atoms with E-state index >= 15 is 0 Å². The summed E-state index contributed by atoms with van der Waals surface area (Å²) in [5.41, 5.74) is 3.28. The molecule has 1 aliphatic carbocycles. The predicted molar refractivity (Wildman–Crippen MR) is 201 cm³/mol. The lowest BCUT2D eigenvalue weighted by Gasteiger charge is -2.37. The molecule has 3 aromatic carbocycles. The van der Waals surface area contributed by atoms with Crippen molar-refractivity contribution in [2.75, 3.05) is 24.3 Å². The Bertz CT molecular complexity index is 2280. The van der Waals surface area contributed by atoms with Crippen LogP contribution >= 0.6 is 0 Å². The van der Waals surface area contributed by atoms with E-state index in [9.17, 15) is 13.2 Å². The van der Waals surface area contributed by atoms with Gasteiger partial charge in [-0.3, -0.25) is 14.3 Å². The fourth-order valence-electron chi connectivity index (χ4n) is 6.82. The van der Waals surface area contributed by atoms with Crippen LogP contribution in [0.4, 0.5) is 22.7 Å². The molecule has 0 amide bonds. The van der Waals surface area contributed by atoms with Crippen LogP contribution < -0.4 is 19.5 Å². The molecule has 2 heterocycles. The van der Waals surface area contributed by atoms with E-state index in [1.807, 2.05) is 30.3 Å². The number of nitrogens with zero attached hydrogens (tertiary/aromatic N) is 3. The lowest BCUT2D eigenvalue weighted by Crippen LogP contribution is -2.37. The zero-order valence-electron chi connectivity index (χ0n) is 30.0. The highest BCUT2D eigenvalue weighted by molar-refractivity contribution is 7.92. The molecule has 0 saturated heterocycles. The Balaban J connectivity index is 0.00000175. The summed E-state index contributed by atoms with van der Waals surface area (Å²) in [5, 5.41) is 6.55. The summed E-state index contributed by atoms with van der Waals surface area (Å²) in [5.74, 6) is 1.90. The topological polar surface area (TPSA) is 175 Å². The Hall–Kier alpha value is -5.66. The zero-order chi connectivity index (χ0) is 38.4. The number of esters is 1. The van der Waals surface area contributed by atoms with Gasteiger partial charge in [-0.05, 0) is 104 Å². The van der Waals surface area contributed by atoms with E-state index in [4.69, 9.17) is 34.2 Å². The van der Waals surface area contributed by atoms with Crippen molar-refractivity contribution < 1.29 is 35.8 Å². The van der Waals surface area contributed by atoms with Gasteiger partial charge in [-0.25, -0.2) is 23.0 Å². The van der Waals surface area contributed by atoms with Gasteiger partial charge in [0.1, 0.15) is 23.2 Å². The molecule has 16 heteroatoms. The maximum absolute atomic E-state index is 13.7. The van der Waals surface area contributed by atoms with Crippen LogP contribution in [0.2, 0.25) is 0 Å². The average Bonchev–Trinajstić information content (AvgIpc) is 3.70. The van der Waals surface area contributed by atoms with Gasteiger partial charge in [0.25, 0.3) is 10.0 Å². The molecule has 5 aromatic rings. The smallest absolute Gasteiger partial charge is 0.335 e. The SMILES string of the molecule is O=S=O.[C-]#[N+]c1cn2[nH]c(-c3cc(Nc4ccc(OC)cc4)c(C)c(NS(=O)(=O)c4ccc(OC)cc4)c3)nc2c1C(=O)OC1C(C)CC(C)CC1C. The third-order valence-electron chi connectivity index (χ3n) is 9.31. The predicted octanol–water partition coefficient (Wildman–Crippen LogP) is 7.31. The van der Waals surface area contributed by atoms with E-state index in [2.05, 4.69) is 40.8 Å². The van der Waals surface area contributed by atoms with Gasteiger partial charge in [0.2, 0.25) is 5.69 Å². The van der Waals surface area contributed by atoms with Crippen LogP contribution in [0, 0.1) is 31.2 Å². The Kier molecular flexibility index (Phi) is 11.9. The van der Waals surface area contributed by atoms with Crippen LogP contribution in [0.15, 0.2) is 71.8 Å². The molecular formula is C37H40N6O8S2. The summed E-state index contributed by atoms with van der Waals surface area (Å²) in [6.45, 7) is 16.0. The second kappa shape index (κ2) is 16.3. The van der Waals surface area contributed by atoms with Gasteiger partial charge in [-0.2, -0.15) is 8.42 Å². The summed E-state index contributed by atoms with van der Waals surface area (Å²) in [7, 11) is -0.906. The number of fused-ring (bicyclic) bond motifs is 1. The largest absolute Gasteiger partial charge is 0.497 e. The number of aromatic nitrogens is 3. The minimum Gasteiger partial charge on any atom is -0.497 e. The number of hydrogen-bond donors (Lipinski definition) is 3. The van der Waals surface area contributed by atoms with E-state index in [0.29, 0.717) is 45.7 Å². The average molecular weight is 761 g/mol.